The van der Waals surface area contributed by atoms with Crippen LogP contribution in [0.4, 0.5) is 10.5 Å². The maximum atomic E-state index is 12.5. The molecule has 136 valence electrons. The minimum atomic E-state index is -3.71. The van der Waals surface area contributed by atoms with Crippen LogP contribution in [0.5, 0.6) is 0 Å². The van der Waals surface area contributed by atoms with Crippen molar-refractivity contribution in [2.24, 2.45) is 0 Å². The van der Waals surface area contributed by atoms with Gasteiger partial charge in [0.2, 0.25) is 9.84 Å². The molecule has 2 heterocycles. The average Bonchev–Trinajstić information content (AvgIpc) is 2.70. The van der Waals surface area contributed by atoms with Gasteiger partial charge in [0.05, 0.1) is 11.6 Å². The van der Waals surface area contributed by atoms with Crippen molar-refractivity contribution in [2.45, 2.75) is 16.3 Å². The number of amides is 2. The lowest BCUT2D eigenvalue weighted by Crippen LogP contribution is -2.24. The topological polar surface area (TPSA) is 105 Å². The summed E-state index contributed by atoms with van der Waals surface area (Å²) in [6, 6.07) is 9.02. The van der Waals surface area contributed by atoms with Gasteiger partial charge in [0.15, 0.2) is 0 Å². The first-order chi connectivity index (χ1) is 13.0. The highest BCUT2D eigenvalue weighted by Crippen LogP contribution is 2.21. The van der Waals surface area contributed by atoms with E-state index in [0.29, 0.717) is 12.2 Å². The lowest BCUT2D eigenvalue weighted by molar-refractivity contribution is -0.431. The van der Waals surface area contributed by atoms with Gasteiger partial charge in [0.25, 0.3) is 0 Å². The van der Waals surface area contributed by atoms with Crippen LogP contribution in [0.25, 0.3) is 0 Å². The van der Waals surface area contributed by atoms with E-state index in [1.807, 2.05) is 6.07 Å². The second-order valence-electron chi connectivity index (χ2n) is 5.59. The van der Waals surface area contributed by atoms with E-state index in [1.165, 1.54) is 47.6 Å². The van der Waals surface area contributed by atoms with Crippen LogP contribution in [0, 0.1) is 0 Å². The van der Waals surface area contributed by atoms with Crippen LogP contribution in [-0.4, -0.2) is 40.7 Å². The highest BCUT2D eigenvalue weighted by Gasteiger charge is 2.20. The second-order valence-corrected chi connectivity index (χ2v) is 7.54. The Kier molecular flexibility index (Phi) is 5.32. The molecule has 0 aliphatic heterocycles. The van der Waals surface area contributed by atoms with E-state index in [2.05, 4.69) is 27.0 Å². The molecule has 9 heteroatoms. The predicted octanol–water partition coefficient (Wildman–Crippen LogP) is 2.15. The number of urea groups is 1. The molecule has 0 aliphatic carbocycles. The van der Waals surface area contributed by atoms with E-state index in [1.54, 1.807) is 18.5 Å². The van der Waals surface area contributed by atoms with Gasteiger partial charge in [-0.1, -0.05) is 6.07 Å². The van der Waals surface area contributed by atoms with Crippen molar-refractivity contribution in [3.8, 4) is 0 Å². The third-order valence-electron chi connectivity index (χ3n) is 3.65. The van der Waals surface area contributed by atoms with Gasteiger partial charge < -0.3 is 0 Å². The minimum Gasteiger partial charge on any atom is -0.264 e. The Morgan fingerprint density at radius 3 is 2.33 bits per heavy atom. The number of aromatic nitrogens is 3. The van der Waals surface area contributed by atoms with E-state index < -0.39 is 15.9 Å². The summed E-state index contributed by atoms with van der Waals surface area (Å²) >= 11 is 0. The molecule has 0 saturated heterocycles. The van der Waals surface area contributed by atoms with E-state index >= 15 is 0 Å². The predicted molar refractivity (Wildman–Crippen MR) is 98.3 cm³/mol. The number of carbonyl (C=O) groups is 1. The van der Waals surface area contributed by atoms with Gasteiger partial charge in [0.1, 0.15) is 23.5 Å². The molecule has 0 atom stereocenters. The van der Waals surface area contributed by atoms with Crippen molar-refractivity contribution < 1.29 is 17.8 Å². The zero-order valence-corrected chi connectivity index (χ0v) is 15.0. The number of nitrogens with zero attached hydrogens (tertiary/aromatic N) is 4. The molecule has 3 aromatic rings. The second kappa shape index (κ2) is 7.83. The van der Waals surface area contributed by atoms with Crippen LogP contribution in [0.3, 0.4) is 0 Å². The van der Waals surface area contributed by atoms with Gasteiger partial charge in [-0.25, -0.2) is 28.3 Å². The number of anilines is 1. The number of hydrogen-bond acceptors (Lipinski definition) is 6. The van der Waals surface area contributed by atoms with Crippen LogP contribution in [0.2, 0.25) is 0 Å². The summed E-state index contributed by atoms with van der Waals surface area (Å²) in [7, 11) is -3.71. The van der Waals surface area contributed by atoms with Gasteiger partial charge >= 0.3 is 6.03 Å². The third-order valence-corrected chi connectivity index (χ3v) is 5.37. The van der Waals surface area contributed by atoms with Crippen molar-refractivity contribution in [1.82, 2.24) is 15.0 Å². The minimum absolute atomic E-state index is 0.00203. The van der Waals surface area contributed by atoms with Crippen molar-refractivity contribution in [1.29, 1.82) is 0 Å². The van der Waals surface area contributed by atoms with Crippen LogP contribution < -0.4 is 5.32 Å². The van der Waals surface area contributed by atoms with Gasteiger partial charge in [-0.15, -0.1) is 0 Å². The SMILES string of the molecule is C=[N+](Cc1cccnc1)C(=O)Nc1ccc(S(=O)(=O)c2cncnc2)cc1. The fourth-order valence-corrected chi connectivity index (χ4v) is 3.43. The third kappa shape index (κ3) is 4.39. The highest BCUT2D eigenvalue weighted by atomic mass is 32.2. The summed E-state index contributed by atoms with van der Waals surface area (Å²) in [5.74, 6) is 0. The zero-order valence-electron chi connectivity index (χ0n) is 14.2. The van der Waals surface area contributed by atoms with Crippen LogP contribution in [-0.2, 0) is 16.4 Å². The number of pyridine rings is 1. The van der Waals surface area contributed by atoms with Crippen molar-refractivity contribution in [2.75, 3.05) is 5.32 Å². The zero-order chi connectivity index (χ0) is 19.3. The summed E-state index contributed by atoms with van der Waals surface area (Å²) in [5.41, 5.74) is 1.29. The maximum Gasteiger partial charge on any atom is 0.495 e. The largest absolute Gasteiger partial charge is 0.495 e. The molecule has 0 bridgehead atoms. The molecule has 1 aromatic carbocycles. The number of nitrogens with one attached hydrogen (secondary N) is 1. The fraction of sp³-hybridized carbons (Fsp3) is 0.0556. The first kappa shape index (κ1) is 18.3. The monoisotopic (exact) mass is 382 g/mol. The van der Waals surface area contributed by atoms with Gasteiger partial charge in [-0.3, -0.25) is 4.98 Å². The molecule has 3 rings (SSSR count). The molecule has 2 aromatic heterocycles. The highest BCUT2D eigenvalue weighted by molar-refractivity contribution is 7.91. The lowest BCUT2D eigenvalue weighted by atomic mass is 10.3. The molecule has 27 heavy (non-hydrogen) atoms. The van der Waals surface area contributed by atoms with Crippen LogP contribution >= 0.6 is 0 Å². The summed E-state index contributed by atoms with van der Waals surface area (Å²) in [6.45, 7) is 4.00. The molecular formula is C18H16N5O3S+. The number of rotatable bonds is 5. The van der Waals surface area contributed by atoms with Crippen molar-refractivity contribution in [3.05, 3.63) is 73.1 Å². The van der Waals surface area contributed by atoms with Crippen molar-refractivity contribution >= 4 is 28.3 Å². The van der Waals surface area contributed by atoms with Gasteiger partial charge in [-0.2, -0.15) is 4.79 Å². The van der Waals surface area contributed by atoms with Crippen LogP contribution in [0.1, 0.15) is 5.56 Å². The Morgan fingerprint density at radius 2 is 1.70 bits per heavy atom. The van der Waals surface area contributed by atoms with E-state index in [4.69, 9.17) is 0 Å². The smallest absolute Gasteiger partial charge is 0.264 e. The maximum absolute atomic E-state index is 12.5. The molecule has 8 nitrogen and oxygen atoms in total. The first-order valence-electron chi connectivity index (χ1n) is 7.85. The number of sulfone groups is 1. The summed E-state index contributed by atoms with van der Waals surface area (Å²) in [5, 5.41) is 2.66. The average molecular weight is 382 g/mol. The lowest BCUT2D eigenvalue weighted by Gasteiger charge is -2.05. The Hall–Kier alpha value is -3.46. The molecule has 0 unspecified atom stereocenters. The van der Waals surface area contributed by atoms with Gasteiger partial charge in [-0.05, 0) is 30.3 Å². The Bertz CT molecular complexity index is 1050. The van der Waals surface area contributed by atoms with E-state index in [0.717, 1.165) is 5.56 Å². The number of hydrogen-bond donors (Lipinski definition) is 1. The molecule has 0 saturated carbocycles. The molecule has 1 N–H and O–H groups in total. The Morgan fingerprint density at radius 1 is 1.00 bits per heavy atom. The van der Waals surface area contributed by atoms with E-state index in [9.17, 15) is 13.2 Å². The van der Waals surface area contributed by atoms with E-state index in [-0.39, 0.29) is 9.79 Å². The summed E-state index contributed by atoms with van der Waals surface area (Å²) in [4.78, 5) is 23.7. The standard InChI is InChI=1S/C18H15N5O3S/c1-23(12-14-3-2-8-19-9-14)18(24)22-15-4-6-16(7-5-15)27(25,26)17-10-20-13-21-11-17/h2-11,13H,1,12H2/p+1. The van der Waals surface area contributed by atoms with Gasteiger partial charge in [0, 0.05) is 30.4 Å². The summed E-state index contributed by atoms with van der Waals surface area (Å²) < 4.78 is 26.2. The number of carbonyl (C=O) groups excluding carboxylic acids is 1. The number of benzene rings is 1. The fourth-order valence-electron chi connectivity index (χ4n) is 2.26. The molecule has 0 aliphatic rings. The quantitative estimate of drug-likeness (QED) is 0.535. The van der Waals surface area contributed by atoms with Crippen LogP contribution in [0.15, 0.2) is 77.3 Å². The first-order valence-corrected chi connectivity index (χ1v) is 9.33. The summed E-state index contributed by atoms with van der Waals surface area (Å²) in [6.07, 6.45) is 7.02. The molecule has 0 spiro atoms. The Labute approximate surface area is 156 Å². The normalized spacial score (nSPS) is 11.0. The molecule has 0 fully saturated rings. The van der Waals surface area contributed by atoms with Crippen molar-refractivity contribution in [3.63, 3.8) is 0 Å². The molecule has 0 radical (unpaired) electrons. The molecular weight excluding hydrogens is 366 g/mol. The Balaban J connectivity index is 1.69. The molecule has 2 amide bonds.